The third-order valence-electron chi connectivity index (χ3n) is 13.2. The van der Waals surface area contributed by atoms with Crippen LogP contribution in [0.1, 0.15) is 110 Å². The summed E-state index contributed by atoms with van der Waals surface area (Å²) in [7, 11) is -2.96. The number of piperidine rings is 1. The Kier molecular flexibility index (Phi) is 18.6. The van der Waals surface area contributed by atoms with E-state index in [0.29, 0.717) is 76.2 Å². The number of nitrogens with one attached hydrogen (secondary N) is 3. The van der Waals surface area contributed by atoms with Gasteiger partial charge in [-0.2, -0.15) is 0 Å². The van der Waals surface area contributed by atoms with Gasteiger partial charge in [0.1, 0.15) is 41.8 Å². The van der Waals surface area contributed by atoms with E-state index in [1.807, 2.05) is 106 Å². The fraction of sp³-hybridized carbons (Fsp3) is 0.473. The minimum atomic E-state index is -2.96. The summed E-state index contributed by atoms with van der Waals surface area (Å²) in [5.41, 5.74) is 1.59. The highest BCUT2D eigenvalue weighted by Gasteiger charge is 2.52. The predicted molar refractivity (Wildman–Crippen MR) is 269 cm³/mol. The van der Waals surface area contributed by atoms with Gasteiger partial charge in [0.15, 0.2) is 5.78 Å². The molecule has 364 valence electrons. The highest BCUT2D eigenvalue weighted by Crippen LogP contribution is 2.38. The van der Waals surface area contributed by atoms with Crippen LogP contribution in [0, 0.1) is 0 Å². The van der Waals surface area contributed by atoms with Crippen molar-refractivity contribution >= 4 is 48.1 Å². The van der Waals surface area contributed by atoms with Crippen molar-refractivity contribution in [2.45, 2.75) is 147 Å². The number of rotatable bonds is 20. The van der Waals surface area contributed by atoms with Gasteiger partial charge in [-0.25, -0.2) is 0 Å². The van der Waals surface area contributed by atoms with Crippen molar-refractivity contribution in [1.29, 1.82) is 0 Å². The summed E-state index contributed by atoms with van der Waals surface area (Å²) < 4.78 is 18.5. The smallest absolute Gasteiger partial charge is 0.262 e. The van der Waals surface area contributed by atoms with Gasteiger partial charge in [-0.15, -0.1) is 0 Å². The number of hydrogen-bond donors (Lipinski definition) is 3. The lowest BCUT2D eigenvalue weighted by Crippen LogP contribution is -2.68. The highest BCUT2D eigenvalue weighted by molar-refractivity contribution is 6.99. The number of ketones is 1. The molecule has 4 aromatic carbocycles. The Bertz CT molecular complexity index is 2230. The van der Waals surface area contributed by atoms with Crippen molar-refractivity contribution in [3.8, 4) is 11.5 Å². The minimum Gasteiger partial charge on any atom is -0.494 e. The maximum Gasteiger partial charge on any atom is 0.262 e. The van der Waals surface area contributed by atoms with Crippen LogP contribution in [0.3, 0.4) is 0 Å². The predicted octanol–water partition coefficient (Wildman–Crippen LogP) is 6.99. The van der Waals surface area contributed by atoms with E-state index in [-0.39, 0.29) is 36.0 Å². The Balaban J connectivity index is 1.19. The average molecular weight is 945 g/mol. The summed E-state index contributed by atoms with van der Waals surface area (Å²) in [5.74, 6) is -0.298. The molecular formula is C55H72N4O8Si. The van der Waals surface area contributed by atoms with Gasteiger partial charge in [0.25, 0.3) is 8.32 Å². The van der Waals surface area contributed by atoms with Crippen molar-refractivity contribution in [3.63, 3.8) is 0 Å². The molecular weight excluding hydrogens is 873 g/mol. The van der Waals surface area contributed by atoms with Gasteiger partial charge in [0, 0.05) is 25.8 Å². The molecule has 2 aliphatic rings. The molecule has 5 atom stereocenters. The van der Waals surface area contributed by atoms with Crippen LogP contribution in [-0.2, 0) is 41.2 Å². The summed E-state index contributed by atoms with van der Waals surface area (Å²) in [6.45, 7) is 13.8. The zero-order chi connectivity index (χ0) is 48.7. The molecule has 3 N–H and O–H groups in total. The van der Waals surface area contributed by atoms with Crippen LogP contribution in [-0.4, -0.2) is 92.7 Å². The van der Waals surface area contributed by atoms with Crippen LogP contribution in [0.25, 0.3) is 0 Å². The van der Waals surface area contributed by atoms with Crippen molar-refractivity contribution < 1.29 is 37.9 Å². The lowest BCUT2D eigenvalue weighted by molar-refractivity contribution is -0.146. The topological polar surface area (TPSA) is 152 Å². The minimum absolute atomic E-state index is 0.0450. The molecule has 2 aliphatic heterocycles. The summed E-state index contributed by atoms with van der Waals surface area (Å²) >= 11 is 0. The van der Waals surface area contributed by atoms with Crippen LogP contribution in [0.5, 0.6) is 11.5 Å². The molecule has 0 aliphatic carbocycles. The molecule has 0 bridgehead atoms. The normalized spacial score (nSPS) is 19.9. The maximum atomic E-state index is 14.6. The number of ether oxygens (including phenoxy) is 2. The van der Waals surface area contributed by atoms with Crippen molar-refractivity contribution in [2.75, 3.05) is 19.8 Å². The molecule has 2 saturated heterocycles. The molecule has 2 heterocycles. The van der Waals surface area contributed by atoms with Gasteiger partial charge in [-0.05, 0) is 103 Å². The van der Waals surface area contributed by atoms with Gasteiger partial charge in [-0.3, -0.25) is 24.0 Å². The van der Waals surface area contributed by atoms with Gasteiger partial charge < -0.3 is 34.8 Å². The summed E-state index contributed by atoms with van der Waals surface area (Å²) in [6, 6.07) is 31.5. The van der Waals surface area contributed by atoms with E-state index in [1.54, 1.807) is 4.90 Å². The molecule has 0 radical (unpaired) electrons. The quantitative estimate of drug-likeness (QED) is 0.0634. The zero-order valence-electron chi connectivity index (χ0n) is 40.9. The first-order valence-corrected chi connectivity index (χ1v) is 26.6. The average Bonchev–Trinajstić information content (AvgIpc) is 3.34. The van der Waals surface area contributed by atoms with Crippen molar-refractivity contribution in [2.24, 2.45) is 0 Å². The molecule has 6 rings (SSSR count). The van der Waals surface area contributed by atoms with Crippen molar-refractivity contribution in [1.82, 2.24) is 20.9 Å². The molecule has 0 spiro atoms. The number of fused-ring (bicyclic) bond motifs is 1. The highest BCUT2D eigenvalue weighted by atomic mass is 28.4. The van der Waals surface area contributed by atoms with Gasteiger partial charge in [-0.1, -0.05) is 125 Å². The molecule has 0 unspecified atom stereocenters. The first-order valence-electron chi connectivity index (χ1n) is 24.7. The van der Waals surface area contributed by atoms with Gasteiger partial charge >= 0.3 is 0 Å². The lowest BCUT2D eigenvalue weighted by atomic mass is 9.96. The number of Topliss-reactive ketones (excluding diaryl/α,β-unsaturated/α-hetero) is 1. The number of amides is 4. The van der Waals surface area contributed by atoms with Crippen LogP contribution >= 0.6 is 0 Å². The Morgan fingerprint density at radius 2 is 1.16 bits per heavy atom. The number of benzene rings is 4. The van der Waals surface area contributed by atoms with E-state index in [4.69, 9.17) is 13.9 Å². The van der Waals surface area contributed by atoms with E-state index in [2.05, 4.69) is 61.0 Å². The number of carbonyl (C=O) groups excluding carboxylic acids is 5. The molecule has 4 amide bonds. The van der Waals surface area contributed by atoms with E-state index < -0.39 is 56.3 Å². The van der Waals surface area contributed by atoms with Crippen LogP contribution < -0.4 is 35.8 Å². The third-order valence-corrected chi connectivity index (χ3v) is 18.2. The van der Waals surface area contributed by atoms with Gasteiger partial charge in [0.2, 0.25) is 23.6 Å². The molecule has 12 nitrogen and oxygen atoms in total. The standard InChI is InChI=1S/C55H72N4O8Si/c1-7-50(67-68(55(4,5)6,43-21-13-10-14-22-43)44-23-15-11-16-24-44)49(60)27-18-12-17-25-45-51(61)57-46(37-39-28-32-41(33-29-39)65-8-2)52(62)58-47(38-40-30-34-42(35-31-40)66-9-3)54(64)59-36-20-19-26-48(59)53(63)56-45/h10-11,13-16,21-24,28-35,45-48,50H,7-9,12,17-20,25-27,36-38H2,1-6H3,(H,56,63)(H,57,61)(H,58,62)/t45-,46-,47-,48+,50-/m0/s1. The van der Waals surface area contributed by atoms with Gasteiger partial charge in [0.05, 0.1) is 13.2 Å². The third kappa shape index (κ3) is 13.0. The molecule has 2 fully saturated rings. The fourth-order valence-electron chi connectivity index (χ4n) is 9.67. The Morgan fingerprint density at radius 3 is 1.69 bits per heavy atom. The molecule has 68 heavy (non-hydrogen) atoms. The monoisotopic (exact) mass is 945 g/mol. The second-order valence-corrected chi connectivity index (χ2v) is 23.3. The van der Waals surface area contributed by atoms with Crippen LogP contribution in [0.4, 0.5) is 0 Å². The maximum absolute atomic E-state index is 14.6. The first kappa shape index (κ1) is 51.6. The SMILES string of the molecule is CCOc1ccc(C[C@@H]2NC(=O)[C@H](CCCCCC(=O)[C@H](CC)O[Si](c3ccccc3)(c3ccccc3)C(C)(C)C)NC(=O)[C@H]3CCCCN3C(=O)[C@H](Cc3ccc(OCC)cc3)NC2=O)cc1. The van der Waals surface area contributed by atoms with E-state index in [9.17, 15) is 24.0 Å². The fourth-order valence-corrected chi connectivity index (χ4v) is 14.4. The number of carbonyl (C=O) groups is 5. The largest absolute Gasteiger partial charge is 0.494 e. The summed E-state index contributed by atoms with van der Waals surface area (Å²) in [5, 5.41) is 11.0. The Morgan fingerprint density at radius 1 is 0.647 bits per heavy atom. The number of unbranched alkanes of at least 4 members (excludes halogenated alkanes) is 2. The summed E-state index contributed by atoms with van der Waals surface area (Å²) in [4.78, 5) is 73.4. The number of hydrogen-bond acceptors (Lipinski definition) is 8. The number of nitrogens with zero attached hydrogens (tertiary/aromatic N) is 1. The molecule has 0 saturated carbocycles. The molecule has 0 aromatic heterocycles. The van der Waals surface area contributed by atoms with E-state index in [0.717, 1.165) is 27.9 Å². The van der Waals surface area contributed by atoms with Crippen LogP contribution in [0.15, 0.2) is 109 Å². The van der Waals surface area contributed by atoms with E-state index in [1.165, 1.54) is 0 Å². The van der Waals surface area contributed by atoms with Crippen molar-refractivity contribution in [3.05, 3.63) is 120 Å². The van der Waals surface area contributed by atoms with E-state index >= 15 is 0 Å². The summed E-state index contributed by atoms with van der Waals surface area (Å²) in [6.07, 6.45) is 4.46. The molecule has 13 heteroatoms. The molecule has 4 aromatic rings. The van der Waals surface area contributed by atoms with Crippen LogP contribution in [0.2, 0.25) is 5.04 Å². The zero-order valence-corrected chi connectivity index (χ0v) is 41.9. The Hall–Kier alpha value is -5.79. The Labute approximate surface area is 404 Å². The lowest BCUT2D eigenvalue weighted by Gasteiger charge is -2.44. The second-order valence-electron chi connectivity index (χ2n) is 19.0. The second kappa shape index (κ2) is 24.5. The first-order chi connectivity index (χ1) is 32.8.